The van der Waals surface area contributed by atoms with Gasteiger partial charge in [0, 0.05) is 15.6 Å². The SMILES string of the molecule is O=C(Nc1nnc(SCc2ccc(Cl)cc2)s1)C12CC3CC(CC(Cl)(C3)C1)C2. The number of benzene rings is 1. The normalized spacial score (nSPS) is 33.2. The Kier molecular flexibility index (Phi) is 4.89. The smallest absolute Gasteiger partial charge is 0.232 e. The Hall–Kier alpha value is -0.820. The van der Waals surface area contributed by atoms with E-state index in [4.69, 9.17) is 23.2 Å². The molecule has 2 atom stereocenters. The van der Waals surface area contributed by atoms with Crippen molar-refractivity contribution < 1.29 is 4.79 Å². The van der Waals surface area contributed by atoms with Gasteiger partial charge in [-0.05, 0) is 68.1 Å². The predicted octanol–water partition coefficient (Wildman–Crippen LogP) is 6.00. The Balaban J connectivity index is 1.23. The molecule has 4 saturated carbocycles. The summed E-state index contributed by atoms with van der Waals surface area (Å²) in [6, 6.07) is 7.79. The number of halogens is 2. The number of hydrogen-bond acceptors (Lipinski definition) is 5. The summed E-state index contributed by atoms with van der Waals surface area (Å²) in [4.78, 5) is 13.0. The van der Waals surface area contributed by atoms with Crippen molar-refractivity contribution in [3.63, 3.8) is 0 Å². The minimum Gasteiger partial charge on any atom is -0.300 e. The molecule has 8 heteroatoms. The second-order valence-electron chi connectivity index (χ2n) is 8.63. The van der Waals surface area contributed by atoms with Crippen LogP contribution in [-0.2, 0) is 10.5 Å². The van der Waals surface area contributed by atoms with Gasteiger partial charge in [0.1, 0.15) is 0 Å². The Bertz CT molecular complexity index is 887. The number of aromatic nitrogens is 2. The lowest BCUT2D eigenvalue weighted by atomic mass is 9.49. The first-order chi connectivity index (χ1) is 13.4. The molecule has 0 radical (unpaired) electrons. The summed E-state index contributed by atoms with van der Waals surface area (Å²) in [5, 5.41) is 12.8. The van der Waals surface area contributed by atoms with Gasteiger partial charge in [-0.15, -0.1) is 21.8 Å². The lowest BCUT2D eigenvalue weighted by Crippen LogP contribution is -2.57. The average molecular weight is 454 g/mol. The van der Waals surface area contributed by atoms with Crippen molar-refractivity contribution in [3.05, 3.63) is 34.9 Å². The van der Waals surface area contributed by atoms with Crippen LogP contribution in [0.4, 0.5) is 5.13 Å². The average Bonchev–Trinajstić information content (AvgIpc) is 3.06. The number of rotatable bonds is 5. The van der Waals surface area contributed by atoms with Gasteiger partial charge in [-0.3, -0.25) is 4.79 Å². The maximum atomic E-state index is 13.2. The molecule has 28 heavy (non-hydrogen) atoms. The molecule has 2 unspecified atom stereocenters. The number of nitrogens with one attached hydrogen (secondary N) is 1. The molecule has 4 nitrogen and oxygen atoms in total. The van der Waals surface area contributed by atoms with Crippen LogP contribution >= 0.6 is 46.3 Å². The summed E-state index contributed by atoms with van der Waals surface area (Å²) in [5.74, 6) is 2.09. The molecular weight excluding hydrogens is 433 g/mol. The van der Waals surface area contributed by atoms with E-state index in [0.29, 0.717) is 17.0 Å². The molecule has 6 rings (SSSR count). The van der Waals surface area contributed by atoms with Crippen LogP contribution in [0.2, 0.25) is 5.02 Å². The van der Waals surface area contributed by atoms with Gasteiger partial charge in [-0.1, -0.05) is 46.8 Å². The second kappa shape index (κ2) is 7.15. The molecule has 1 N–H and O–H groups in total. The van der Waals surface area contributed by atoms with Crippen LogP contribution in [0.3, 0.4) is 0 Å². The molecule has 1 heterocycles. The largest absolute Gasteiger partial charge is 0.300 e. The number of alkyl halides is 1. The maximum Gasteiger partial charge on any atom is 0.232 e. The van der Waals surface area contributed by atoms with Gasteiger partial charge in [0.25, 0.3) is 0 Å². The Morgan fingerprint density at radius 2 is 1.89 bits per heavy atom. The van der Waals surface area contributed by atoms with E-state index < -0.39 is 0 Å². The summed E-state index contributed by atoms with van der Waals surface area (Å²) >= 11 is 15.8. The van der Waals surface area contributed by atoms with Crippen molar-refractivity contribution in [3.8, 4) is 0 Å². The van der Waals surface area contributed by atoms with E-state index in [-0.39, 0.29) is 16.2 Å². The summed E-state index contributed by atoms with van der Waals surface area (Å²) < 4.78 is 0.851. The zero-order valence-electron chi connectivity index (χ0n) is 15.3. The molecule has 0 spiro atoms. The monoisotopic (exact) mass is 453 g/mol. The lowest BCUT2D eigenvalue weighted by Gasteiger charge is -2.59. The van der Waals surface area contributed by atoms with E-state index in [2.05, 4.69) is 15.5 Å². The number of carbonyl (C=O) groups excluding carboxylic acids is 1. The molecule has 1 amide bonds. The van der Waals surface area contributed by atoms with Gasteiger partial charge in [0.15, 0.2) is 4.34 Å². The summed E-state index contributed by atoms with van der Waals surface area (Å²) in [5.41, 5.74) is 0.866. The first kappa shape index (κ1) is 19.2. The Morgan fingerprint density at radius 3 is 2.57 bits per heavy atom. The van der Waals surface area contributed by atoms with Crippen molar-refractivity contribution in [1.29, 1.82) is 0 Å². The van der Waals surface area contributed by atoms with E-state index in [0.717, 1.165) is 47.2 Å². The standard InChI is InChI=1S/C20H21Cl2N3OS2/c21-15-3-1-12(2-4-15)10-27-18-25-24-17(28-18)23-16(26)19-6-13-5-14(7-19)9-20(22,8-13)11-19/h1-4,13-14H,5-11H2,(H,23,24,26). The first-order valence-electron chi connectivity index (χ1n) is 9.63. The molecule has 1 aromatic heterocycles. The van der Waals surface area contributed by atoms with Crippen molar-refractivity contribution in [2.45, 2.75) is 53.5 Å². The molecule has 4 bridgehead atoms. The fraction of sp³-hybridized carbons (Fsp3) is 0.550. The van der Waals surface area contributed by atoms with Crippen molar-refractivity contribution >= 4 is 57.3 Å². The van der Waals surface area contributed by atoms with Crippen LogP contribution in [0.15, 0.2) is 28.6 Å². The highest BCUT2D eigenvalue weighted by molar-refractivity contribution is 8.00. The zero-order chi connectivity index (χ0) is 19.4. The number of nitrogens with zero attached hydrogens (tertiary/aromatic N) is 2. The molecule has 4 aliphatic rings. The van der Waals surface area contributed by atoms with Crippen molar-refractivity contribution in [2.75, 3.05) is 5.32 Å². The zero-order valence-corrected chi connectivity index (χ0v) is 18.4. The fourth-order valence-electron chi connectivity index (χ4n) is 5.69. The van der Waals surface area contributed by atoms with Crippen LogP contribution in [0.5, 0.6) is 0 Å². The minimum absolute atomic E-state index is 0.0945. The van der Waals surface area contributed by atoms with Gasteiger partial charge in [-0.2, -0.15) is 0 Å². The van der Waals surface area contributed by atoms with Gasteiger partial charge >= 0.3 is 0 Å². The van der Waals surface area contributed by atoms with Crippen LogP contribution in [-0.4, -0.2) is 21.0 Å². The summed E-state index contributed by atoms with van der Waals surface area (Å²) in [6.45, 7) is 0. The molecular formula is C20H21Cl2N3OS2. The third-order valence-electron chi connectivity index (χ3n) is 6.37. The molecule has 2 aromatic rings. The van der Waals surface area contributed by atoms with Gasteiger partial charge < -0.3 is 5.32 Å². The maximum absolute atomic E-state index is 13.2. The Morgan fingerprint density at radius 1 is 1.18 bits per heavy atom. The number of carbonyl (C=O) groups is 1. The molecule has 4 aliphatic carbocycles. The van der Waals surface area contributed by atoms with Crippen LogP contribution in [0.25, 0.3) is 0 Å². The molecule has 1 aromatic carbocycles. The van der Waals surface area contributed by atoms with Crippen molar-refractivity contribution in [1.82, 2.24) is 10.2 Å². The van der Waals surface area contributed by atoms with E-state index >= 15 is 0 Å². The quantitative estimate of drug-likeness (QED) is 0.342. The van der Waals surface area contributed by atoms with Crippen LogP contribution in [0.1, 0.15) is 44.1 Å². The highest BCUT2D eigenvalue weighted by Crippen LogP contribution is 2.64. The number of anilines is 1. The van der Waals surface area contributed by atoms with E-state index in [1.165, 1.54) is 23.3 Å². The first-order valence-corrected chi connectivity index (χ1v) is 12.2. The molecule has 0 saturated heterocycles. The topological polar surface area (TPSA) is 54.9 Å². The third kappa shape index (κ3) is 3.69. The molecule has 148 valence electrons. The summed E-state index contributed by atoms with van der Waals surface area (Å²) in [7, 11) is 0. The van der Waals surface area contributed by atoms with E-state index in [1.54, 1.807) is 11.8 Å². The highest BCUT2D eigenvalue weighted by Gasteiger charge is 2.60. The number of thioether (sulfide) groups is 1. The molecule has 0 aliphatic heterocycles. The van der Waals surface area contributed by atoms with E-state index in [9.17, 15) is 4.79 Å². The second-order valence-corrected chi connectivity index (χ2v) is 12.1. The minimum atomic E-state index is -0.311. The fourth-order valence-corrected chi connectivity index (χ4v) is 8.21. The highest BCUT2D eigenvalue weighted by atomic mass is 35.5. The van der Waals surface area contributed by atoms with Gasteiger partial charge in [-0.25, -0.2) is 0 Å². The van der Waals surface area contributed by atoms with Gasteiger partial charge in [0.05, 0.1) is 5.41 Å². The predicted molar refractivity (Wildman–Crippen MR) is 115 cm³/mol. The molecule has 4 fully saturated rings. The van der Waals surface area contributed by atoms with E-state index in [1.807, 2.05) is 24.3 Å². The third-order valence-corrected chi connectivity index (χ3v) is 9.11. The van der Waals surface area contributed by atoms with Crippen LogP contribution < -0.4 is 5.32 Å². The summed E-state index contributed by atoms with van der Waals surface area (Å²) in [6.07, 6.45) is 6.14. The number of amides is 1. The Labute approximate surface area is 182 Å². The van der Waals surface area contributed by atoms with Crippen molar-refractivity contribution in [2.24, 2.45) is 17.3 Å². The number of hydrogen-bond donors (Lipinski definition) is 1. The van der Waals surface area contributed by atoms with Crippen LogP contribution in [0, 0.1) is 17.3 Å². The lowest BCUT2D eigenvalue weighted by molar-refractivity contribution is -0.138. The van der Waals surface area contributed by atoms with Gasteiger partial charge in [0.2, 0.25) is 11.0 Å².